The van der Waals surface area contributed by atoms with E-state index in [0.717, 1.165) is 0 Å². The number of aromatic nitrogens is 2. The molecule has 0 fully saturated rings. The van der Waals surface area contributed by atoms with E-state index in [1.165, 1.54) is 28.9 Å². The van der Waals surface area contributed by atoms with Gasteiger partial charge >= 0.3 is 6.61 Å². The van der Waals surface area contributed by atoms with E-state index < -0.39 is 18.4 Å². The number of carbonyl (C=O) groups excluding carboxylic acids is 2. The van der Waals surface area contributed by atoms with E-state index in [9.17, 15) is 18.4 Å². The summed E-state index contributed by atoms with van der Waals surface area (Å²) in [6, 6.07) is 14.1. The van der Waals surface area contributed by atoms with Gasteiger partial charge in [-0.2, -0.15) is 13.9 Å². The van der Waals surface area contributed by atoms with Crippen LogP contribution in [0.4, 0.5) is 20.2 Å². The molecule has 150 valence electrons. The van der Waals surface area contributed by atoms with Crippen LogP contribution in [-0.2, 0) is 6.54 Å². The molecule has 1 heterocycles. The van der Waals surface area contributed by atoms with Crippen LogP contribution in [0.1, 0.15) is 27.8 Å². The molecule has 0 bridgehead atoms. The fourth-order valence-corrected chi connectivity index (χ4v) is 2.54. The SMILES string of the molecule is CCn1cc(NC(=O)c2ccc(OC(F)F)cc2)c(C(=O)Nc2ccccc2)n1. The van der Waals surface area contributed by atoms with E-state index in [1.807, 2.05) is 13.0 Å². The maximum absolute atomic E-state index is 12.6. The zero-order valence-corrected chi connectivity index (χ0v) is 15.4. The maximum atomic E-state index is 12.6. The summed E-state index contributed by atoms with van der Waals surface area (Å²) in [7, 11) is 0. The van der Waals surface area contributed by atoms with Crippen LogP contribution < -0.4 is 15.4 Å². The Morgan fingerprint density at radius 3 is 2.34 bits per heavy atom. The summed E-state index contributed by atoms with van der Waals surface area (Å²) >= 11 is 0. The van der Waals surface area contributed by atoms with Gasteiger partial charge in [0.2, 0.25) is 0 Å². The highest BCUT2D eigenvalue weighted by Gasteiger charge is 2.19. The van der Waals surface area contributed by atoms with Gasteiger partial charge < -0.3 is 15.4 Å². The van der Waals surface area contributed by atoms with Crippen LogP contribution >= 0.6 is 0 Å². The number of para-hydroxylation sites is 1. The molecule has 0 atom stereocenters. The van der Waals surface area contributed by atoms with Gasteiger partial charge in [0.25, 0.3) is 11.8 Å². The molecular weight excluding hydrogens is 382 g/mol. The molecule has 3 rings (SSSR count). The van der Waals surface area contributed by atoms with E-state index in [2.05, 4.69) is 20.5 Å². The van der Waals surface area contributed by atoms with Crippen molar-refractivity contribution in [3.05, 3.63) is 72.1 Å². The first kappa shape index (κ1) is 20.0. The minimum Gasteiger partial charge on any atom is -0.435 e. The molecule has 0 aliphatic carbocycles. The van der Waals surface area contributed by atoms with E-state index >= 15 is 0 Å². The number of carbonyl (C=O) groups is 2. The van der Waals surface area contributed by atoms with Crippen molar-refractivity contribution in [1.29, 1.82) is 0 Å². The molecule has 2 aromatic carbocycles. The monoisotopic (exact) mass is 400 g/mol. The molecule has 0 radical (unpaired) electrons. The summed E-state index contributed by atoms with van der Waals surface area (Å²) in [6.45, 7) is -0.597. The Morgan fingerprint density at radius 1 is 1.03 bits per heavy atom. The van der Waals surface area contributed by atoms with Crippen molar-refractivity contribution in [3.8, 4) is 5.75 Å². The lowest BCUT2D eigenvalue weighted by atomic mass is 10.2. The molecule has 2 N–H and O–H groups in total. The number of hydrogen-bond donors (Lipinski definition) is 2. The third kappa shape index (κ3) is 5.16. The minimum atomic E-state index is -2.94. The van der Waals surface area contributed by atoms with E-state index in [0.29, 0.717) is 12.2 Å². The number of aryl methyl sites for hydroxylation is 1. The van der Waals surface area contributed by atoms with Crippen molar-refractivity contribution in [2.75, 3.05) is 10.6 Å². The Balaban J connectivity index is 1.77. The van der Waals surface area contributed by atoms with Crippen molar-refractivity contribution in [2.24, 2.45) is 0 Å². The number of nitrogens with zero attached hydrogens (tertiary/aromatic N) is 2. The lowest BCUT2D eigenvalue weighted by Gasteiger charge is -2.08. The lowest BCUT2D eigenvalue weighted by Crippen LogP contribution is -2.18. The molecule has 0 spiro atoms. The lowest BCUT2D eigenvalue weighted by molar-refractivity contribution is -0.0498. The predicted molar refractivity (Wildman–Crippen MR) is 103 cm³/mol. The van der Waals surface area contributed by atoms with Crippen molar-refractivity contribution in [1.82, 2.24) is 9.78 Å². The highest BCUT2D eigenvalue weighted by Crippen LogP contribution is 2.19. The normalized spacial score (nSPS) is 10.6. The van der Waals surface area contributed by atoms with E-state index in [1.54, 1.807) is 30.5 Å². The number of halogens is 2. The number of rotatable bonds is 7. The highest BCUT2D eigenvalue weighted by atomic mass is 19.3. The average molecular weight is 400 g/mol. The van der Waals surface area contributed by atoms with Crippen LogP contribution in [0.25, 0.3) is 0 Å². The second kappa shape index (κ2) is 8.96. The molecule has 0 saturated heterocycles. The Hall–Kier alpha value is -3.75. The first-order valence-electron chi connectivity index (χ1n) is 8.76. The molecule has 3 aromatic rings. The molecule has 9 heteroatoms. The number of hydrogen-bond acceptors (Lipinski definition) is 4. The van der Waals surface area contributed by atoms with Crippen LogP contribution in [0.5, 0.6) is 5.75 Å². The second-order valence-corrected chi connectivity index (χ2v) is 5.92. The van der Waals surface area contributed by atoms with Crippen LogP contribution in [-0.4, -0.2) is 28.2 Å². The second-order valence-electron chi connectivity index (χ2n) is 5.92. The van der Waals surface area contributed by atoms with Gasteiger partial charge in [0, 0.05) is 24.0 Å². The predicted octanol–water partition coefficient (Wildman–Crippen LogP) is 4.01. The van der Waals surface area contributed by atoms with Crippen molar-refractivity contribution >= 4 is 23.2 Å². The summed E-state index contributed by atoms with van der Waals surface area (Å²) in [5, 5.41) is 9.56. The summed E-state index contributed by atoms with van der Waals surface area (Å²) < 4.78 is 30.2. The summed E-state index contributed by atoms with van der Waals surface area (Å²) in [5.41, 5.74) is 1.10. The number of benzene rings is 2. The minimum absolute atomic E-state index is 0.0571. The largest absolute Gasteiger partial charge is 0.435 e. The molecule has 2 amide bonds. The van der Waals surface area contributed by atoms with E-state index in [-0.39, 0.29) is 22.7 Å². The molecule has 0 unspecified atom stereocenters. The van der Waals surface area contributed by atoms with Gasteiger partial charge in [0.05, 0.1) is 5.69 Å². The quantitative estimate of drug-likeness (QED) is 0.628. The molecule has 29 heavy (non-hydrogen) atoms. The Kier molecular flexibility index (Phi) is 6.18. The summed E-state index contributed by atoms with van der Waals surface area (Å²) in [6.07, 6.45) is 1.55. The smallest absolute Gasteiger partial charge is 0.387 e. The zero-order chi connectivity index (χ0) is 20.8. The van der Waals surface area contributed by atoms with Gasteiger partial charge in [-0.3, -0.25) is 14.3 Å². The molecule has 0 aliphatic rings. The number of anilines is 2. The summed E-state index contributed by atoms with van der Waals surface area (Å²) in [4.78, 5) is 25.1. The third-order valence-corrected chi connectivity index (χ3v) is 3.92. The van der Waals surface area contributed by atoms with Crippen LogP contribution in [0, 0.1) is 0 Å². The maximum Gasteiger partial charge on any atom is 0.387 e. The van der Waals surface area contributed by atoms with Gasteiger partial charge in [-0.1, -0.05) is 18.2 Å². The fourth-order valence-electron chi connectivity index (χ4n) is 2.54. The third-order valence-electron chi connectivity index (χ3n) is 3.92. The number of ether oxygens (including phenoxy) is 1. The number of nitrogens with one attached hydrogen (secondary N) is 2. The molecular formula is C20H18F2N4O3. The van der Waals surface area contributed by atoms with Crippen molar-refractivity contribution < 1.29 is 23.1 Å². The number of amides is 2. The van der Waals surface area contributed by atoms with E-state index in [4.69, 9.17) is 0 Å². The fraction of sp³-hybridized carbons (Fsp3) is 0.150. The highest BCUT2D eigenvalue weighted by molar-refractivity contribution is 6.11. The van der Waals surface area contributed by atoms with Gasteiger partial charge in [0.1, 0.15) is 5.75 Å². The zero-order valence-electron chi connectivity index (χ0n) is 15.4. The van der Waals surface area contributed by atoms with Gasteiger partial charge in [0.15, 0.2) is 5.69 Å². The molecule has 0 aliphatic heterocycles. The molecule has 7 nitrogen and oxygen atoms in total. The van der Waals surface area contributed by atoms with Crippen LogP contribution in [0.3, 0.4) is 0 Å². The molecule has 1 aromatic heterocycles. The Bertz CT molecular complexity index is 989. The first-order chi connectivity index (χ1) is 14.0. The van der Waals surface area contributed by atoms with Crippen molar-refractivity contribution in [2.45, 2.75) is 20.1 Å². The van der Waals surface area contributed by atoms with Gasteiger partial charge in [-0.15, -0.1) is 0 Å². The average Bonchev–Trinajstić information content (AvgIpc) is 3.12. The number of alkyl halides is 2. The van der Waals surface area contributed by atoms with Crippen LogP contribution in [0.2, 0.25) is 0 Å². The Morgan fingerprint density at radius 2 is 1.72 bits per heavy atom. The summed E-state index contributed by atoms with van der Waals surface area (Å²) in [5.74, 6) is -1.05. The standard InChI is InChI=1S/C20H18F2N4O3/c1-2-26-12-16(17(25-26)19(28)23-14-6-4-3-5-7-14)24-18(27)13-8-10-15(11-9-13)29-20(21)22/h3-12,20H,2H2,1H3,(H,23,28)(H,24,27). The molecule has 0 saturated carbocycles. The topological polar surface area (TPSA) is 85.2 Å². The van der Waals surface area contributed by atoms with Gasteiger partial charge in [-0.25, -0.2) is 0 Å². The first-order valence-corrected chi connectivity index (χ1v) is 8.76. The van der Waals surface area contributed by atoms with Crippen molar-refractivity contribution in [3.63, 3.8) is 0 Å². The van der Waals surface area contributed by atoms with Gasteiger partial charge in [-0.05, 0) is 43.3 Å². The Labute approximate surface area is 165 Å². The van der Waals surface area contributed by atoms with Crippen LogP contribution in [0.15, 0.2) is 60.8 Å².